The summed E-state index contributed by atoms with van der Waals surface area (Å²) in [6.45, 7) is 2.85. The Kier molecular flexibility index (Phi) is 10.2. The highest BCUT2D eigenvalue weighted by Gasteiger charge is 2.37. The Labute approximate surface area is 174 Å². The summed E-state index contributed by atoms with van der Waals surface area (Å²) in [5.74, 6) is -0.322. The number of hydrogen-bond acceptors (Lipinski definition) is 4. The molecule has 0 bridgehead atoms. The van der Waals surface area contributed by atoms with E-state index in [2.05, 4.69) is 29.6 Å². The number of ether oxygens (including phenoxy) is 1. The van der Waals surface area contributed by atoms with Crippen LogP contribution in [0.3, 0.4) is 0 Å². The molecule has 1 heterocycles. The number of unbranched alkanes of at least 4 members (excludes halogenated alkanes) is 5. The number of benzene rings is 1. The molecule has 1 atom stereocenters. The van der Waals surface area contributed by atoms with Crippen molar-refractivity contribution in [1.29, 1.82) is 0 Å². The molecule has 0 saturated carbocycles. The zero-order chi connectivity index (χ0) is 20.9. The Balaban J connectivity index is 1.61. The zero-order valence-electron chi connectivity index (χ0n) is 17.5. The van der Waals surface area contributed by atoms with Gasteiger partial charge in [0.05, 0.1) is 6.61 Å². The predicted molar refractivity (Wildman–Crippen MR) is 112 cm³/mol. The minimum Gasteiger partial charge on any atom is -0.466 e. The van der Waals surface area contributed by atoms with Crippen LogP contribution < -0.4 is 5.32 Å². The third kappa shape index (κ3) is 8.26. The number of nitrogens with zero attached hydrogens (tertiary/aromatic N) is 1. The molecule has 0 aliphatic carbocycles. The molecule has 1 N–H and O–H groups in total. The maximum Gasteiger partial charge on any atom is 0.324 e. The van der Waals surface area contributed by atoms with Crippen LogP contribution in [-0.4, -0.2) is 42.0 Å². The van der Waals surface area contributed by atoms with Crippen LogP contribution in [0.5, 0.6) is 0 Å². The first-order chi connectivity index (χ1) is 14.1. The lowest BCUT2D eigenvalue weighted by Crippen LogP contribution is -2.35. The molecule has 1 saturated heterocycles. The van der Waals surface area contributed by atoms with Gasteiger partial charge in [-0.15, -0.1) is 0 Å². The number of hydrogen-bond donors (Lipinski definition) is 1. The highest BCUT2D eigenvalue weighted by molar-refractivity contribution is 6.04. The Hall–Kier alpha value is -2.37. The highest BCUT2D eigenvalue weighted by atomic mass is 16.5. The van der Waals surface area contributed by atoms with E-state index in [1.165, 1.54) is 5.56 Å². The highest BCUT2D eigenvalue weighted by Crippen LogP contribution is 2.18. The van der Waals surface area contributed by atoms with E-state index in [0.717, 1.165) is 51.4 Å². The van der Waals surface area contributed by atoms with Crippen LogP contribution in [0, 0.1) is 0 Å². The molecule has 2 rings (SSSR count). The molecule has 29 heavy (non-hydrogen) atoms. The second kappa shape index (κ2) is 13.0. The van der Waals surface area contributed by atoms with Gasteiger partial charge in [0.15, 0.2) is 0 Å². The first-order valence-corrected chi connectivity index (χ1v) is 10.9. The number of nitrogens with one attached hydrogen (secondary N) is 1. The minimum atomic E-state index is -0.346. The second-order valence-electron chi connectivity index (χ2n) is 7.56. The molecule has 6 nitrogen and oxygen atoms in total. The fourth-order valence-electron chi connectivity index (χ4n) is 3.71. The molecule has 0 radical (unpaired) electrons. The summed E-state index contributed by atoms with van der Waals surface area (Å²) in [7, 11) is 0. The molecule has 1 unspecified atom stereocenters. The summed E-state index contributed by atoms with van der Waals surface area (Å²) in [6.07, 6.45) is 8.75. The number of amides is 3. The molecule has 1 aliphatic heterocycles. The van der Waals surface area contributed by atoms with Crippen LogP contribution in [0.2, 0.25) is 0 Å². The van der Waals surface area contributed by atoms with E-state index in [-0.39, 0.29) is 23.9 Å². The summed E-state index contributed by atoms with van der Waals surface area (Å²) in [6, 6.07) is 9.79. The normalized spacial score (nSPS) is 16.2. The summed E-state index contributed by atoms with van der Waals surface area (Å²) in [5, 5.41) is 2.45. The minimum absolute atomic E-state index is 0.147. The van der Waals surface area contributed by atoms with Crippen LogP contribution in [0.4, 0.5) is 4.79 Å². The first kappa shape index (κ1) is 22.9. The van der Waals surface area contributed by atoms with Crippen LogP contribution in [0.25, 0.3) is 0 Å². The van der Waals surface area contributed by atoms with E-state index < -0.39 is 0 Å². The van der Waals surface area contributed by atoms with Gasteiger partial charge in [-0.3, -0.25) is 14.9 Å². The summed E-state index contributed by atoms with van der Waals surface area (Å²) < 4.78 is 4.91. The van der Waals surface area contributed by atoms with Crippen molar-refractivity contribution in [1.82, 2.24) is 10.2 Å². The Bertz CT molecular complexity index is 648. The van der Waals surface area contributed by atoms with Crippen molar-refractivity contribution in [2.24, 2.45) is 0 Å². The van der Waals surface area contributed by atoms with Crippen LogP contribution >= 0.6 is 0 Å². The van der Waals surface area contributed by atoms with Gasteiger partial charge in [0.1, 0.15) is 6.04 Å². The van der Waals surface area contributed by atoms with Gasteiger partial charge in [-0.05, 0) is 44.6 Å². The molecule has 0 spiro atoms. The van der Waals surface area contributed by atoms with E-state index in [1.807, 2.05) is 6.07 Å². The topological polar surface area (TPSA) is 75.7 Å². The molecular weight excluding hydrogens is 368 g/mol. The maximum atomic E-state index is 12.1. The summed E-state index contributed by atoms with van der Waals surface area (Å²) in [4.78, 5) is 37.2. The molecule has 1 aromatic carbocycles. The number of rotatable bonds is 14. The number of urea groups is 1. The van der Waals surface area contributed by atoms with E-state index in [9.17, 15) is 14.4 Å². The molecule has 6 heteroatoms. The number of esters is 1. The van der Waals surface area contributed by atoms with Crippen molar-refractivity contribution >= 4 is 17.9 Å². The third-order valence-corrected chi connectivity index (χ3v) is 5.29. The van der Waals surface area contributed by atoms with Crippen LogP contribution in [0.1, 0.15) is 70.3 Å². The van der Waals surface area contributed by atoms with Gasteiger partial charge in [0.25, 0.3) is 5.91 Å². The molecule has 1 aliphatic rings. The van der Waals surface area contributed by atoms with Gasteiger partial charge in [0.2, 0.25) is 0 Å². The Morgan fingerprint density at radius 2 is 1.72 bits per heavy atom. The molecule has 1 fully saturated rings. The third-order valence-electron chi connectivity index (χ3n) is 5.29. The number of imide groups is 1. The lowest BCUT2D eigenvalue weighted by molar-refractivity contribution is -0.143. The lowest BCUT2D eigenvalue weighted by atomic mass is 10.0. The molecule has 1 aromatic rings. The van der Waals surface area contributed by atoms with Crippen molar-refractivity contribution in [3.05, 3.63) is 35.9 Å². The predicted octanol–water partition coefficient (Wildman–Crippen LogP) is 4.22. The van der Waals surface area contributed by atoms with E-state index >= 15 is 0 Å². The number of carbonyl (C=O) groups excluding carboxylic acids is 3. The Morgan fingerprint density at radius 1 is 1.00 bits per heavy atom. The molecule has 3 amide bonds. The maximum absolute atomic E-state index is 12.1. The second-order valence-corrected chi connectivity index (χ2v) is 7.56. The van der Waals surface area contributed by atoms with Gasteiger partial charge in [-0.25, -0.2) is 4.79 Å². The van der Waals surface area contributed by atoms with Crippen molar-refractivity contribution in [2.75, 3.05) is 13.2 Å². The van der Waals surface area contributed by atoms with Gasteiger partial charge in [0, 0.05) is 13.0 Å². The molecule has 160 valence electrons. The first-order valence-electron chi connectivity index (χ1n) is 10.9. The summed E-state index contributed by atoms with van der Waals surface area (Å²) >= 11 is 0. The van der Waals surface area contributed by atoms with Gasteiger partial charge < -0.3 is 9.64 Å². The quantitative estimate of drug-likeness (QED) is 0.287. The monoisotopic (exact) mass is 402 g/mol. The van der Waals surface area contributed by atoms with Gasteiger partial charge in [-0.2, -0.15) is 0 Å². The average Bonchev–Trinajstić information content (AvgIpc) is 2.98. The SMILES string of the molecule is CCOC(=O)CCCCCCC1C(=O)NC(=O)N1CCCCCc1ccccc1. The number of aryl methyl sites for hydroxylation is 1. The smallest absolute Gasteiger partial charge is 0.324 e. The summed E-state index contributed by atoms with van der Waals surface area (Å²) in [5.41, 5.74) is 1.34. The van der Waals surface area contributed by atoms with Crippen LogP contribution in [0.15, 0.2) is 30.3 Å². The molecule has 0 aromatic heterocycles. The molecular formula is C23H34N2O4. The van der Waals surface area contributed by atoms with Crippen molar-refractivity contribution in [3.63, 3.8) is 0 Å². The zero-order valence-corrected chi connectivity index (χ0v) is 17.5. The fourth-order valence-corrected chi connectivity index (χ4v) is 3.71. The van der Waals surface area contributed by atoms with Crippen molar-refractivity contribution < 1.29 is 19.1 Å². The van der Waals surface area contributed by atoms with Gasteiger partial charge >= 0.3 is 12.0 Å². The van der Waals surface area contributed by atoms with Gasteiger partial charge in [-0.1, -0.05) is 56.0 Å². The lowest BCUT2D eigenvalue weighted by Gasteiger charge is -2.21. The fraction of sp³-hybridized carbons (Fsp3) is 0.609. The van der Waals surface area contributed by atoms with Crippen molar-refractivity contribution in [3.8, 4) is 0 Å². The van der Waals surface area contributed by atoms with E-state index in [0.29, 0.717) is 26.0 Å². The number of carbonyl (C=O) groups is 3. The van der Waals surface area contributed by atoms with Crippen molar-refractivity contribution in [2.45, 2.75) is 77.2 Å². The van der Waals surface area contributed by atoms with E-state index in [4.69, 9.17) is 4.74 Å². The average molecular weight is 403 g/mol. The van der Waals surface area contributed by atoms with Crippen LogP contribution in [-0.2, 0) is 20.7 Å². The van der Waals surface area contributed by atoms with E-state index in [1.54, 1.807) is 11.8 Å². The standard InChI is InChI=1S/C23H34N2O4/c1-2-29-21(26)17-11-4-3-10-16-20-22(27)24-23(28)25(20)18-12-6-9-15-19-13-7-5-8-14-19/h5,7-8,13-14,20H,2-4,6,9-12,15-18H2,1H3,(H,24,27,28). The largest absolute Gasteiger partial charge is 0.466 e. The Morgan fingerprint density at radius 3 is 2.48 bits per heavy atom.